The Balaban J connectivity index is 2.39. The Hall–Kier alpha value is -1.53. The van der Waals surface area contributed by atoms with Gasteiger partial charge in [-0.3, -0.25) is 10.1 Å². The van der Waals surface area contributed by atoms with Gasteiger partial charge >= 0.3 is 6.03 Å². The van der Waals surface area contributed by atoms with Crippen molar-refractivity contribution in [2.75, 3.05) is 12.8 Å². The van der Waals surface area contributed by atoms with E-state index in [0.717, 1.165) is 5.56 Å². The van der Waals surface area contributed by atoms with Crippen molar-refractivity contribution in [3.63, 3.8) is 0 Å². The number of aliphatic hydroxyl groups excluding tert-OH is 1. The number of carbonyl (C=O) groups excluding carboxylic acids is 2. The third-order valence-corrected chi connectivity index (χ3v) is 3.74. The molecule has 3 N–H and O–H groups in total. The fraction of sp³-hybridized carbons (Fsp3) is 0.385. The zero-order chi connectivity index (χ0) is 14.3. The first-order valence-electron chi connectivity index (χ1n) is 5.91. The van der Waals surface area contributed by atoms with Gasteiger partial charge in [0.1, 0.15) is 0 Å². The van der Waals surface area contributed by atoms with E-state index in [1.54, 1.807) is 6.92 Å². The molecule has 5 nitrogen and oxygen atoms in total. The average molecular weight is 282 g/mol. The normalized spacial score (nSPS) is 13.4. The number of hydrogen-bond acceptors (Lipinski definition) is 4. The van der Waals surface area contributed by atoms with E-state index in [1.807, 2.05) is 30.3 Å². The maximum atomic E-state index is 11.6. The molecule has 0 aliphatic heterocycles. The molecule has 0 saturated heterocycles. The fourth-order valence-electron chi connectivity index (χ4n) is 1.36. The minimum absolute atomic E-state index is 0.371. The number of aliphatic hydroxyl groups is 1. The van der Waals surface area contributed by atoms with Gasteiger partial charge in [-0.15, -0.1) is 11.8 Å². The first-order chi connectivity index (χ1) is 9.04. The molecule has 6 heteroatoms. The predicted octanol–water partition coefficient (Wildman–Crippen LogP) is 1.30. The van der Waals surface area contributed by atoms with E-state index in [4.69, 9.17) is 0 Å². The van der Waals surface area contributed by atoms with Gasteiger partial charge in [0.15, 0.2) is 0 Å². The molecular weight excluding hydrogens is 264 g/mol. The zero-order valence-electron chi connectivity index (χ0n) is 10.9. The highest BCUT2D eigenvalue weighted by molar-refractivity contribution is 8.00. The van der Waals surface area contributed by atoms with Gasteiger partial charge in [-0.2, -0.15) is 0 Å². The molecule has 1 aromatic carbocycles. The molecule has 0 spiro atoms. The van der Waals surface area contributed by atoms with Gasteiger partial charge in [0.05, 0.1) is 11.4 Å². The molecule has 1 rings (SSSR count). The summed E-state index contributed by atoms with van der Waals surface area (Å²) in [4.78, 5) is 22.6. The fourth-order valence-corrected chi connectivity index (χ4v) is 2.23. The van der Waals surface area contributed by atoms with E-state index < -0.39 is 17.4 Å². The summed E-state index contributed by atoms with van der Waals surface area (Å²) in [7, 11) is 1.44. The van der Waals surface area contributed by atoms with E-state index in [2.05, 4.69) is 10.6 Å². The Morgan fingerprint density at radius 1 is 1.32 bits per heavy atom. The summed E-state index contributed by atoms with van der Waals surface area (Å²) in [5, 5.41) is 14.1. The second kappa shape index (κ2) is 7.81. The number of urea groups is 1. The summed E-state index contributed by atoms with van der Waals surface area (Å²) >= 11 is 1.30. The van der Waals surface area contributed by atoms with Crippen LogP contribution in [0.1, 0.15) is 18.6 Å². The van der Waals surface area contributed by atoms with Gasteiger partial charge in [-0.05, 0) is 12.5 Å². The van der Waals surface area contributed by atoms with Crippen molar-refractivity contribution in [3.05, 3.63) is 35.9 Å². The van der Waals surface area contributed by atoms with Gasteiger partial charge in [0.25, 0.3) is 0 Å². The SMILES string of the molecule is CNC(=O)NC(=O)[C@H](C)SC[C@H](O)c1ccccc1. The molecule has 3 amide bonds. The number of rotatable bonds is 5. The van der Waals surface area contributed by atoms with E-state index in [1.165, 1.54) is 18.8 Å². The molecule has 0 bridgehead atoms. The van der Waals surface area contributed by atoms with E-state index >= 15 is 0 Å². The Kier molecular flexibility index (Phi) is 6.38. The molecule has 0 radical (unpaired) electrons. The molecule has 0 aliphatic rings. The maximum absolute atomic E-state index is 11.6. The molecule has 0 unspecified atom stereocenters. The van der Waals surface area contributed by atoms with Crippen molar-refractivity contribution in [2.24, 2.45) is 0 Å². The van der Waals surface area contributed by atoms with Crippen molar-refractivity contribution in [1.82, 2.24) is 10.6 Å². The maximum Gasteiger partial charge on any atom is 0.321 e. The van der Waals surface area contributed by atoms with Gasteiger partial charge in [0.2, 0.25) is 5.91 Å². The monoisotopic (exact) mass is 282 g/mol. The molecule has 0 aromatic heterocycles. The van der Waals surface area contributed by atoms with Crippen molar-refractivity contribution in [1.29, 1.82) is 0 Å². The van der Waals surface area contributed by atoms with E-state index in [9.17, 15) is 14.7 Å². The average Bonchev–Trinajstić information content (AvgIpc) is 2.44. The Labute approximate surface area is 116 Å². The topological polar surface area (TPSA) is 78.4 Å². The smallest absolute Gasteiger partial charge is 0.321 e. The zero-order valence-corrected chi connectivity index (χ0v) is 11.7. The summed E-state index contributed by atoms with van der Waals surface area (Å²) in [5.41, 5.74) is 0.814. The van der Waals surface area contributed by atoms with Crippen LogP contribution in [-0.4, -0.2) is 35.1 Å². The van der Waals surface area contributed by atoms with Crippen LogP contribution in [0.25, 0.3) is 0 Å². The number of thioether (sulfide) groups is 1. The third kappa shape index (κ3) is 5.32. The first-order valence-corrected chi connectivity index (χ1v) is 6.96. The minimum Gasteiger partial charge on any atom is -0.388 e. The number of amides is 3. The molecule has 2 atom stereocenters. The van der Waals surface area contributed by atoms with Crippen molar-refractivity contribution in [3.8, 4) is 0 Å². The Bertz CT molecular complexity index is 425. The van der Waals surface area contributed by atoms with Gasteiger partial charge < -0.3 is 10.4 Å². The van der Waals surface area contributed by atoms with Crippen molar-refractivity contribution < 1.29 is 14.7 Å². The van der Waals surface area contributed by atoms with Crippen LogP contribution in [0.2, 0.25) is 0 Å². The number of benzene rings is 1. The Morgan fingerprint density at radius 2 is 1.95 bits per heavy atom. The number of imide groups is 1. The van der Waals surface area contributed by atoms with Crippen LogP contribution in [0.3, 0.4) is 0 Å². The minimum atomic E-state index is -0.624. The van der Waals surface area contributed by atoms with Crippen molar-refractivity contribution >= 4 is 23.7 Å². The lowest BCUT2D eigenvalue weighted by Gasteiger charge is -2.14. The lowest BCUT2D eigenvalue weighted by Crippen LogP contribution is -2.41. The van der Waals surface area contributed by atoms with Crippen LogP contribution >= 0.6 is 11.8 Å². The molecular formula is C13H18N2O3S. The van der Waals surface area contributed by atoms with Crippen LogP contribution in [-0.2, 0) is 4.79 Å². The van der Waals surface area contributed by atoms with Crippen LogP contribution in [0, 0.1) is 0 Å². The summed E-state index contributed by atoms with van der Waals surface area (Å²) in [6.45, 7) is 1.70. The highest BCUT2D eigenvalue weighted by Crippen LogP contribution is 2.21. The lowest BCUT2D eigenvalue weighted by atomic mass is 10.1. The number of hydrogen-bond donors (Lipinski definition) is 3. The standard InChI is InChI=1S/C13H18N2O3S/c1-9(12(17)15-13(18)14-2)19-8-11(16)10-6-4-3-5-7-10/h3-7,9,11,16H,8H2,1-2H3,(H2,14,15,17,18)/t9-,11-/m0/s1. The van der Waals surface area contributed by atoms with Crippen molar-refractivity contribution in [2.45, 2.75) is 18.3 Å². The van der Waals surface area contributed by atoms with Crippen LogP contribution in [0.5, 0.6) is 0 Å². The lowest BCUT2D eigenvalue weighted by molar-refractivity contribution is -0.119. The van der Waals surface area contributed by atoms with Gasteiger partial charge in [-0.1, -0.05) is 30.3 Å². The molecule has 0 heterocycles. The largest absolute Gasteiger partial charge is 0.388 e. The summed E-state index contributed by atoms with van der Waals surface area (Å²) < 4.78 is 0. The van der Waals surface area contributed by atoms with Crippen LogP contribution < -0.4 is 10.6 Å². The third-order valence-electron chi connectivity index (χ3n) is 2.52. The van der Waals surface area contributed by atoms with Crippen LogP contribution in [0.4, 0.5) is 4.79 Å². The number of nitrogens with one attached hydrogen (secondary N) is 2. The molecule has 104 valence electrons. The molecule has 1 aromatic rings. The van der Waals surface area contributed by atoms with Gasteiger partial charge in [-0.25, -0.2) is 4.79 Å². The first kappa shape index (κ1) is 15.5. The quantitative estimate of drug-likeness (QED) is 0.760. The second-order valence-corrected chi connectivity index (χ2v) is 5.34. The highest BCUT2D eigenvalue weighted by Gasteiger charge is 2.17. The molecule has 0 fully saturated rings. The number of carbonyl (C=O) groups is 2. The van der Waals surface area contributed by atoms with E-state index in [0.29, 0.717) is 5.75 Å². The molecule has 19 heavy (non-hydrogen) atoms. The highest BCUT2D eigenvalue weighted by atomic mass is 32.2. The van der Waals surface area contributed by atoms with Crippen LogP contribution in [0.15, 0.2) is 30.3 Å². The molecule has 0 saturated carbocycles. The van der Waals surface area contributed by atoms with Gasteiger partial charge in [0, 0.05) is 12.8 Å². The second-order valence-electron chi connectivity index (χ2n) is 3.97. The summed E-state index contributed by atoms with van der Waals surface area (Å²) in [5.74, 6) is 0.0245. The predicted molar refractivity (Wildman–Crippen MR) is 75.9 cm³/mol. The molecule has 0 aliphatic carbocycles. The Morgan fingerprint density at radius 3 is 2.53 bits per heavy atom. The van der Waals surface area contributed by atoms with E-state index in [-0.39, 0.29) is 5.91 Å². The summed E-state index contributed by atoms with van der Waals surface area (Å²) in [6.07, 6.45) is -0.624. The summed E-state index contributed by atoms with van der Waals surface area (Å²) in [6, 6.07) is 8.72.